The Morgan fingerprint density at radius 3 is 2.42 bits per heavy atom. The first kappa shape index (κ1) is 28.4. The first-order chi connectivity index (χ1) is 19.2. The van der Waals surface area contributed by atoms with Crippen molar-refractivity contribution in [2.45, 2.75) is 64.0 Å². The highest BCUT2D eigenvalue weighted by Crippen LogP contribution is 2.50. The molecule has 0 radical (unpaired) electrons. The quantitative estimate of drug-likeness (QED) is 0.263. The molecule has 0 aliphatic heterocycles. The molecule has 2 fully saturated rings. The second-order valence-electron chi connectivity index (χ2n) is 11.2. The minimum Gasteiger partial charge on any atom is -0.457 e. The Labute approximate surface area is 244 Å². The van der Waals surface area contributed by atoms with Crippen LogP contribution >= 0.6 is 23.2 Å². The minimum absolute atomic E-state index is 0.146. The van der Waals surface area contributed by atoms with Crippen LogP contribution in [0.15, 0.2) is 66.7 Å². The molecule has 5 rings (SSSR count). The van der Waals surface area contributed by atoms with Crippen LogP contribution in [0, 0.1) is 17.2 Å². The topological polar surface area (TPSA) is 67.4 Å². The predicted octanol–water partition coefficient (Wildman–Crippen LogP) is 8.26. The average molecular weight is 584 g/mol. The Morgan fingerprint density at radius 1 is 0.975 bits per heavy atom. The van der Waals surface area contributed by atoms with Crippen LogP contribution < -0.4 is 15.4 Å². The zero-order chi connectivity index (χ0) is 28.3. The number of hydrogen-bond donors (Lipinski definition) is 2. The van der Waals surface area contributed by atoms with Crippen molar-refractivity contribution in [3.05, 3.63) is 93.7 Å². The van der Waals surface area contributed by atoms with Gasteiger partial charge in [0.2, 0.25) is 5.91 Å². The van der Waals surface area contributed by atoms with Gasteiger partial charge in [0, 0.05) is 17.5 Å². The van der Waals surface area contributed by atoms with Gasteiger partial charge >= 0.3 is 0 Å². The van der Waals surface area contributed by atoms with E-state index in [1.165, 1.54) is 12.1 Å². The molecule has 2 saturated carbocycles. The van der Waals surface area contributed by atoms with E-state index >= 15 is 4.39 Å². The molecule has 3 aromatic carbocycles. The number of ether oxygens (including phenoxy) is 1. The average Bonchev–Trinajstić information content (AvgIpc) is 3.61. The summed E-state index contributed by atoms with van der Waals surface area (Å²) in [6, 6.07) is 18.4. The van der Waals surface area contributed by atoms with Gasteiger partial charge in [-0.05, 0) is 73.9 Å². The van der Waals surface area contributed by atoms with E-state index in [1.54, 1.807) is 18.2 Å². The normalized spacial score (nSPS) is 20.6. The molecule has 3 atom stereocenters. The van der Waals surface area contributed by atoms with Gasteiger partial charge in [-0.25, -0.2) is 4.39 Å². The van der Waals surface area contributed by atoms with Crippen LogP contribution in [0.2, 0.25) is 10.0 Å². The van der Waals surface area contributed by atoms with Gasteiger partial charge in [0.25, 0.3) is 5.91 Å². The van der Waals surface area contributed by atoms with E-state index in [0.717, 1.165) is 25.7 Å². The lowest BCUT2D eigenvalue weighted by Crippen LogP contribution is -2.42. The third-order valence-electron chi connectivity index (χ3n) is 8.34. The fourth-order valence-corrected chi connectivity index (χ4v) is 6.53. The summed E-state index contributed by atoms with van der Waals surface area (Å²) in [5.74, 6) is -0.0797. The van der Waals surface area contributed by atoms with E-state index in [1.807, 2.05) is 36.4 Å². The zero-order valence-corrected chi connectivity index (χ0v) is 23.9. The van der Waals surface area contributed by atoms with Gasteiger partial charge in [-0.15, -0.1) is 0 Å². The summed E-state index contributed by atoms with van der Waals surface area (Å²) < 4.78 is 21.1. The zero-order valence-electron chi connectivity index (χ0n) is 22.4. The van der Waals surface area contributed by atoms with Crippen molar-refractivity contribution in [3.63, 3.8) is 0 Å². The fraction of sp³-hybridized carbons (Fsp3) is 0.375. The van der Waals surface area contributed by atoms with E-state index in [0.29, 0.717) is 36.3 Å². The van der Waals surface area contributed by atoms with Crippen LogP contribution in [-0.2, 0) is 4.79 Å². The van der Waals surface area contributed by atoms with Gasteiger partial charge in [0.15, 0.2) is 0 Å². The number of carbonyl (C=O) groups excluding carboxylic acids is 2. The Kier molecular flexibility index (Phi) is 8.67. The molecular weight excluding hydrogens is 550 g/mol. The van der Waals surface area contributed by atoms with Gasteiger partial charge in [-0.1, -0.05) is 73.3 Å². The van der Waals surface area contributed by atoms with Gasteiger partial charge in [0.1, 0.15) is 17.3 Å². The molecule has 0 unspecified atom stereocenters. The summed E-state index contributed by atoms with van der Waals surface area (Å²) in [6.07, 6.45) is 5.51. The molecule has 0 spiro atoms. The van der Waals surface area contributed by atoms with E-state index in [-0.39, 0.29) is 44.8 Å². The van der Waals surface area contributed by atoms with E-state index in [4.69, 9.17) is 27.9 Å². The standard InChI is InChI=1S/C32H33Cl2FN2O3/c1-32(17-7-8-18-32)29(27-25(35)16-15-24(33)28(27)34)37-30(38)20-13-14-21(19-20)36-31(39)23-11-5-6-12-26(23)40-22-9-3-2-4-10-22/h2-6,9-12,15-16,20-21,29H,7-8,13-14,17-19H2,1H3,(H,36,39)(H,37,38)/t20-,21+,29+/m0/s1. The maximum absolute atomic E-state index is 15.1. The lowest BCUT2D eigenvalue weighted by atomic mass is 9.76. The van der Waals surface area contributed by atoms with Crippen molar-refractivity contribution >= 4 is 35.0 Å². The van der Waals surface area contributed by atoms with Gasteiger partial charge in [0.05, 0.1) is 21.7 Å². The molecule has 3 aromatic rings. The number of carbonyl (C=O) groups is 2. The van der Waals surface area contributed by atoms with Crippen molar-refractivity contribution in [3.8, 4) is 11.5 Å². The van der Waals surface area contributed by atoms with Crippen molar-refractivity contribution < 1.29 is 18.7 Å². The van der Waals surface area contributed by atoms with Crippen molar-refractivity contribution in [1.29, 1.82) is 0 Å². The van der Waals surface area contributed by atoms with Gasteiger partial charge in [-0.2, -0.15) is 0 Å². The minimum atomic E-state index is -0.593. The molecule has 0 saturated heterocycles. The summed E-state index contributed by atoms with van der Waals surface area (Å²) in [6.45, 7) is 2.08. The summed E-state index contributed by atoms with van der Waals surface area (Å²) in [5, 5.41) is 6.65. The Hall–Kier alpha value is -3.09. The molecule has 2 N–H and O–H groups in total. The summed E-state index contributed by atoms with van der Waals surface area (Å²) in [5.41, 5.74) is 0.351. The predicted molar refractivity (Wildman–Crippen MR) is 155 cm³/mol. The Balaban J connectivity index is 1.27. The van der Waals surface area contributed by atoms with Crippen LogP contribution in [0.25, 0.3) is 0 Å². The highest BCUT2D eigenvalue weighted by atomic mass is 35.5. The lowest BCUT2D eigenvalue weighted by Gasteiger charge is -2.36. The summed E-state index contributed by atoms with van der Waals surface area (Å²) in [7, 11) is 0. The van der Waals surface area contributed by atoms with Gasteiger partial charge in [-0.3, -0.25) is 9.59 Å². The molecule has 5 nitrogen and oxygen atoms in total. The highest BCUT2D eigenvalue weighted by molar-refractivity contribution is 6.42. The molecule has 2 amide bonds. The molecule has 8 heteroatoms. The lowest BCUT2D eigenvalue weighted by molar-refractivity contribution is -0.126. The molecule has 2 aliphatic rings. The maximum Gasteiger partial charge on any atom is 0.255 e. The van der Waals surface area contributed by atoms with E-state index in [9.17, 15) is 9.59 Å². The fourth-order valence-electron chi connectivity index (χ4n) is 6.11. The summed E-state index contributed by atoms with van der Waals surface area (Å²) in [4.78, 5) is 26.8. The third-order valence-corrected chi connectivity index (χ3v) is 9.16. The van der Waals surface area contributed by atoms with Crippen LogP contribution in [0.5, 0.6) is 11.5 Å². The third kappa shape index (κ3) is 6.13. The van der Waals surface area contributed by atoms with Crippen LogP contribution in [0.4, 0.5) is 4.39 Å². The molecular formula is C32H33Cl2FN2O3. The molecule has 210 valence electrons. The molecule has 0 bridgehead atoms. The van der Waals surface area contributed by atoms with Crippen molar-refractivity contribution in [1.82, 2.24) is 10.6 Å². The van der Waals surface area contributed by atoms with E-state index in [2.05, 4.69) is 17.6 Å². The number of rotatable bonds is 8. The van der Waals surface area contributed by atoms with Crippen LogP contribution in [0.3, 0.4) is 0 Å². The van der Waals surface area contributed by atoms with E-state index < -0.39 is 11.9 Å². The molecule has 0 aromatic heterocycles. The molecule has 0 heterocycles. The monoisotopic (exact) mass is 582 g/mol. The highest BCUT2D eigenvalue weighted by Gasteiger charge is 2.43. The van der Waals surface area contributed by atoms with Crippen molar-refractivity contribution in [2.75, 3.05) is 0 Å². The van der Waals surface area contributed by atoms with Crippen LogP contribution in [0.1, 0.15) is 73.8 Å². The number of halogens is 3. The number of hydrogen-bond acceptors (Lipinski definition) is 3. The number of benzene rings is 3. The smallest absolute Gasteiger partial charge is 0.255 e. The largest absolute Gasteiger partial charge is 0.457 e. The number of para-hydroxylation sites is 2. The van der Waals surface area contributed by atoms with Crippen molar-refractivity contribution in [2.24, 2.45) is 11.3 Å². The molecule has 40 heavy (non-hydrogen) atoms. The first-order valence-electron chi connectivity index (χ1n) is 13.8. The second kappa shape index (κ2) is 12.2. The second-order valence-corrected chi connectivity index (χ2v) is 11.9. The Bertz CT molecular complexity index is 1380. The Morgan fingerprint density at radius 2 is 1.68 bits per heavy atom. The molecule has 2 aliphatic carbocycles. The van der Waals surface area contributed by atoms with Crippen LogP contribution in [-0.4, -0.2) is 17.9 Å². The maximum atomic E-state index is 15.1. The first-order valence-corrected chi connectivity index (χ1v) is 14.6. The SMILES string of the molecule is CC1([C@H](NC(=O)[C@H]2CC[C@@H](NC(=O)c3ccccc3Oc3ccccc3)C2)c2c(F)ccc(Cl)c2Cl)CCCC1. The number of nitrogens with one attached hydrogen (secondary N) is 2. The van der Waals surface area contributed by atoms with Gasteiger partial charge < -0.3 is 15.4 Å². The summed E-state index contributed by atoms with van der Waals surface area (Å²) >= 11 is 12.8. The number of amides is 2.